The van der Waals surface area contributed by atoms with E-state index >= 15 is 0 Å². The Kier molecular flexibility index (Phi) is 7.38. The number of para-hydroxylation sites is 1. The fraction of sp³-hybridized carbons (Fsp3) is 0.448. The van der Waals surface area contributed by atoms with Crippen LogP contribution in [0.2, 0.25) is 0 Å². The molecule has 1 saturated carbocycles. The summed E-state index contributed by atoms with van der Waals surface area (Å²) >= 11 is 0. The van der Waals surface area contributed by atoms with Crippen molar-refractivity contribution in [3.8, 4) is 11.5 Å². The fourth-order valence-corrected chi connectivity index (χ4v) is 6.15. The van der Waals surface area contributed by atoms with E-state index in [1.54, 1.807) is 26.4 Å². The first-order chi connectivity index (χ1) is 19.6. The van der Waals surface area contributed by atoms with E-state index in [-0.39, 0.29) is 17.4 Å². The van der Waals surface area contributed by atoms with Crippen molar-refractivity contribution in [2.24, 2.45) is 0 Å². The highest BCUT2D eigenvalue weighted by Gasteiger charge is 2.35. The van der Waals surface area contributed by atoms with Gasteiger partial charge in [0.1, 0.15) is 11.9 Å². The summed E-state index contributed by atoms with van der Waals surface area (Å²) in [6, 6.07) is 12.1. The third-order valence-corrected chi connectivity index (χ3v) is 8.23. The third-order valence-electron chi connectivity index (χ3n) is 8.23. The van der Waals surface area contributed by atoms with Crippen LogP contribution in [0.1, 0.15) is 55.6 Å². The summed E-state index contributed by atoms with van der Waals surface area (Å²) in [4.78, 5) is 21.0. The second-order valence-corrected chi connectivity index (χ2v) is 10.5. The van der Waals surface area contributed by atoms with E-state index in [0.29, 0.717) is 60.3 Å². The Morgan fingerprint density at radius 3 is 2.42 bits per heavy atom. The van der Waals surface area contributed by atoms with Crippen LogP contribution in [0.15, 0.2) is 47.3 Å². The van der Waals surface area contributed by atoms with Crippen LogP contribution in [0.5, 0.6) is 11.5 Å². The first-order valence-corrected chi connectivity index (χ1v) is 13.9. The second-order valence-electron chi connectivity index (χ2n) is 10.5. The number of piperazine rings is 1. The molecule has 2 aromatic carbocycles. The van der Waals surface area contributed by atoms with Crippen LogP contribution < -0.4 is 19.9 Å². The molecule has 2 aromatic heterocycles. The number of tetrazole rings is 1. The van der Waals surface area contributed by atoms with Crippen molar-refractivity contribution in [2.45, 2.75) is 44.2 Å². The number of H-pyrrole nitrogens is 1. The first kappa shape index (κ1) is 26.2. The zero-order valence-electron chi connectivity index (χ0n) is 22.8. The van der Waals surface area contributed by atoms with Gasteiger partial charge in [0, 0.05) is 43.2 Å². The van der Waals surface area contributed by atoms with Crippen molar-refractivity contribution in [2.75, 3.05) is 45.3 Å². The molecule has 11 heteroatoms. The molecule has 1 N–H and O–H groups in total. The molecule has 6 rings (SSSR count). The molecule has 3 heterocycles. The molecule has 10 nitrogen and oxygen atoms in total. The van der Waals surface area contributed by atoms with Crippen molar-refractivity contribution in [3.05, 3.63) is 70.0 Å². The molecule has 1 unspecified atom stereocenters. The van der Waals surface area contributed by atoms with Gasteiger partial charge in [0.2, 0.25) is 0 Å². The van der Waals surface area contributed by atoms with Crippen LogP contribution in [0.3, 0.4) is 0 Å². The lowest BCUT2D eigenvalue weighted by atomic mass is 9.95. The summed E-state index contributed by atoms with van der Waals surface area (Å²) in [6.07, 6.45) is 5.50. The molecule has 0 amide bonds. The van der Waals surface area contributed by atoms with E-state index in [2.05, 4.69) is 30.3 Å². The van der Waals surface area contributed by atoms with E-state index in [9.17, 15) is 9.18 Å². The average Bonchev–Trinajstić information content (AvgIpc) is 3.47. The zero-order valence-corrected chi connectivity index (χ0v) is 22.8. The monoisotopic (exact) mass is 547 g/mol. The van der Waals surface area contributed by atoms with E-state index < -0.39 is 6.04 Å². The maximum Gasteiger partial charge on any atom is 0.253 e. The second kappa shape index (κ2) is 11.2. The number of hydrogen-bond donors (Lipinski definition) is 1. The number of halogens is 1. The minimum Gasteiger partial charge on any atom is -0.493 e. The summed E-state index contributed by atoms with van der Waals surface area (Å²) in [7, 11) is 3.16. The number of anilines is 1. The standard InChI is InChI=1S/C29H34FN7O3/c1-39-25-17-19-16-21(29(38)31-23(19)18-26(25)40-2)27(28-32-33-34-37(28)20-8-4-3-5-9-20)36-14-12-35(13-15-36)24-11-7-6-10-22(24)30/h6-7,10-11,16-18,20,27H,3-5,8-9,12-15H2,1-2H3,(H,31,38). The lowest BCUT2D eigenvalue weighted by Crippen LogP contribution is -2.49. The molecule has 4 aromatic rings. The number of pyridine rings is 1. The Bertz CT molecular complexity index is 1540. The highest BCUT2D eigenvalue weighted by Crippen LogP contribution is 2.36. The average molecular weight is 548 g/mol. The molecule has 1 saturated heterocycles. The molecule has 2 fully saturated rings. The Hall–Kier alpha value is -3.99. The van der Waals surface area contributed by atoms with Crippen LogP contribution in [0.25, 0.3) is 10.9 Å². The minimum absolute atomic E-state index is 0.199. The molecular formula is C29H34FN7O3. The number of nitrogens with zero attached hydrogens (tertiary/aromatic N) is 6. The minimum atomic E-state index is -0.471. The predicted octanol–water partition coefficient (Wildman–Crippen LogP) is 4.09. The van der Waals surface area contributed by atoms with Crippen LogP contribution >= 0.6 is 0 Å². The number of nitrogens with one attached hydrogen (secondary N) is 1. The SMILES string of the molecule is COc1cc2cc(C(c3nnnn3C3CCCCC3)N3CCN(c4ccccc4F)CC3)c(=O)[nH]c2cc1OC. The summed E-state index contributed by atoms with van der Waals surface area (Å²) in [5, 5.41) is 13.8. The molecule has 1 aliphatic carbocycles. The van der Waals surface area contributed by atoms with Gasteiger partial charge in [-0.2, -0.15) is 0 Å². The van der Waals surface area contributed by atoms with Crippen LogP contribution in [0.4, 0.5) is 10.1 Å². The molecule has 0 bridgehead atoms. The van der Waals surface area contributed by atoms with E-state index in [1.807, 2.05) is 28.9 Å². The van der Waals surface area contributed by atoms with Crippen LogP contribution in [0, 0.1) is 5.82 Å². The van der Waals surface area contributed by atoms with Crippen LogP contribution in [-0.2, 0) is 0 Å². The molecule has 2 aliphatic rings. The first-order valence-electron chi connectivity index (χ1n) is 13.9. The highest BCUT2D eigenvalue weighted by atomic mass is 19.1. The number of fused-ring (bicyclic) bond motifs is 1. The number of aromatic nitrogens is 5. The fourth-order valence-electron chi connectivity index (χ4n) is 6.15. The Labute approximate surface area is 231 Å². The third kappa shape index (κ3) is 4.90. The molecule has 40 heavy (non-hydrogen) atoms. The molecule has 1 atom stereocenters. The van der Waals surface area contributed by atoms with Gasteiger partial charge in [-0.1, -0.05) is 31.4 Å². The molecule has 0 radical (unpaired) electrons. The van der Waals surface area contributed by atoms with E-state index in [0.717, 1.165) is 31.1 Å². The summed E-state index contributed by atoms with van der Waals surface area (Å²) in [5.74, 6) is 1.55. The zero-order chi connectivity index (χ0) is 27.6. The highest BCUT2D eigenvalue weighted by molar-refractivity contribution is 5.83. The predicted molar refractivity (Wildman–Crippen MR) is 150 cm³/mol. The van der Waals surface area contributed by atoms with Crippen molar-refractivity contribution in [1.29, 1.82) is 0 Å². The Balaban J connectivity index is 1.41. The van der Waals surface area contributed by atoms with Gasteiger partial charge in [0.15, 0.2) is 17.3 Å². The number of hydrogen-bond acceptors (Lipinski definition) is 8. The van der Waals surface area contributed by atoms with Gasteiger partial charge in [0.25, 0.3) is 5.56 Å². The van der Waals surface area contributed by atoms with E-state index in [4.69, 9.17) is 9.47 Å². The van der Waals surface area contributed by atoms with Gasteiger partial charge in [-0.3, -0.25) is 9.69 Å². The number of benzene rings is 2. The van der Waals surface area contributed by atoms with Gasteiger partial charge in [0.05, 0.1) is 31.5 Å². The van der Waals surface area contributed by atoms with Crippen molar-refractivity contribution in [3.63, 3.8) is 0 Å². The van der Waals surface area contributed by atoms with Crippen molar-refractivity contribution in [1.82, 2.24) is 30.1 Å². The maximum atomic E-state index is 14.5. The normalized spacial score (nSPS) is 17.7. The van der Waals surface area contributed by atoms with Gasteiger partial charge >= 0.3 is 0 Å². The van der Waals surface area contributed by atoms with E-state index in [1.165, 1.54) is 12.5 Å². The van der Waals surface area contributed by atoms with Gasteiger partial charge in [-0.05, 0) is 47.5 Å². The Morgan fingerprint density at radius 1 is 0.975 bits per heavy atom. The molecule has 1 aliphatic heterocycles. The summed E-state index contributed by atoms with van der Waals surface area (Å²) in [5.41, 5.74) is 1.60. The van der Waals surface area contributed by atoms with Crippen molar-refractivity contribution >= 4 is 16.6 Å². The summed E-state index contributed by atoms with van der Waals surface area (Å²) < 4.78 is 27.4. The number of methoxy groups -OCH3 is 2. The van der Waals surface area contributed by atoms with Gasteiger partial charge in [-0.25, -0.2) is 9.07 Å². The van der Waals surface area contributed by atoms with Gasteiger partial charge in [-0.15, -0.1) is 5.10 Å². The lowest BCUT2D eigenvalue weighted by Gasteiger charge is -2.40. The van der Waals surface area contributed by atoms with Crippen molar-refractivity contribution < 1.29 is 13.9 Å². The Morgan fingerprint density at radius 2 is 1.70 bits per heavy atom. The molecule has 210 valence electrons. The number of ether oxygens (including phenoxy) is 2. The largest absolute Gasteiger partial charge is 0.493 e. The quantitative estimate of drug-likeness (QED) is 0.369. The number of aromatic amines is 1. The lowest BCUT2D eigenvalue weighted by molar-refractivity contribution is 0.192. The number of rotatable bonds is 7. The van der Waals surface area contributed by atoms with Crippen LogP contribution in [-0.4, -0.2) is 70.5 Å². The maximum absolute atomic E-state index is 14.5. The molecular weight excluding hydrogens is 513 g/mol. The molecule has 0 spiro atoms. The van der Waals surface area contributed by atoms with Gasteiger partial charge < -0.3 is 19.4 Å². The topological polar surface area (TPSA) is 101 Å². The smallest absolute Gasteiger partial charge is 0.253 e. The summed E-state index contributed by atoms with van der Waals surface area (Å²) in [6.45, 7) is 2.44.